The molecule has 1 N–H and O–H groups in total. The molecule has 21 heavy (non-hydrogen) atoms. The lowest BCUT2D eigenvalue weighted by atomic mass is 9.90. The number of benzene rings is 1. The summed E-state index contributed by atoms with van der Waals surface area (Å²) in [5.74, 6) is 0.586. The van der Waals surface area contributed by atoms with E-state index in [9.17, 15) is 4.39 Å². The standard InChI is InChI=1S/C17H24BrFN2/c1-11(13-3-6-17(19)16(18)9-13)20-10-12-7-14-4-5-15(8-12)21(14)2/h3,6,9,11-12,14-15,20H,4-5,7-8,10H2,1-2H3. The molecule has 2 saturated heterocycles. The largest absolute Gasteiger partial charge is 0.310 e. The van der Waals surface area contributed by atoms with Crippen LogP contribution in [0, 0.1) is 11.7 Å². The summed E-state index contributed by atoms with van der Waals surface area (Å²) in [5.41, 5.74) is 1.14. The number of rotatable bonds is 4. The van der Waals surface area contributed by atoms with Crippen LogP contribution in [0.2, 0.25) is 0 Å². The summed E-state index contributed by atoms with van der Waals surface area (Å²) >= 11 is 3.26. The monoisotopic (exact) mass is 354 g/mol. The molecule has 2 bridgehead atoms. The van der Waals surface area contributed by atoms with Crippen LogP contribution in [0.25, 0.3) is 0 Å². The number of piperidine rings is 1. The predicted octanol–water partition coefficient (Wildman–Crippen LogP) is 4.11. The Morgan fingerprint density at radius 3 is 2.62 bits per heavy atom. The molecule has 3 rings (SSSR count). The van der Waals surface area contributed by atoms with Crippen LogP contribution in [0.1, 0.15) is 44.2 Å². The van der Waals surface area contributed by atoms with Gasteiger partial charge in [-0.2, -0.15) is 0 Å². The molecule has 2 aliphatic rings. The third-order valence-corrected chi connectivity index (χ3v) is 5.96. The maximum absolute atomic E-state index is 13.3. The Bertz CT molecular complexity index is 494. The van der Waals surface area contributed by atoms with E-state index in [2.05, 4.69) is 40.1 Å². The first-order valence-corrected chi connectivity index (χ1v) is 8.74. The average Bonchev–Trinajstić information content (AvgIpc) is 2.69. The predicted molar refractivity (Wildman–Crippen MR) is 87.8 cm³/mol. The molecule has 0 amide bonds. The molecule has 0 saturated carbocycles. The zero-order valence-corrected chi connectivity index (χ0v) is 14.4. The second-order valence-corrected chi connectivity index (χ2v) is 7.55. The van der Waals surface area contributed by atoms with Gasteiger partial charge in [-0.05, 0) is 85.7 Å². The molecular formula is C17H24BrFN2. The van der Waals surface area contributed by atoms with Crippen molar-refractivity contribution in [3.8, 4) is 0 Å². The summed E-state index contributed by atoms with van der Waals surface area (Å²) in [6.07, 6.45) is 5.38. The molecule has 2 fully saturated rings. The minimum atomic E-state index is -0.196. The van der Waals surface area contributed by atoms with Crippen LogP contribution in [0.15, 0.2) is 22.7 Å². The lowest BCUT2D eigenvalue weighted by Crippen LogP contribution is -2.42. The van der Waals surface area contributed by atoms with Gasteiger partial charge in [-0.3, -0.25) is 0 Å². The van der Waals surface area contributed by atoms with Crippen LogP contribution in [0.3, 0.4) is 0 Å². The molecular weight excluding hydrogens is 331 g/mol. The minimum absolute atomic E-state index is 0.196. The van der Waals surface area contributed by atoms with E-state index in [4.69, 9.17) is 0 Å². The maximum atomic E-state index is 13.3. The van der Waals surface area contributed by atoms with E-state index in [0.717, 1.165) is 30.1 Å². The van der Waals surface area contributed by atoms with Crippen molar-refractivity contribution in [3.05, 3.63) is 34.1 Å². The summed E-state index contributed by atoms with van der Waals surface area (Å²) in [7, 11) is 2.28. The molecule has 0 radical (unpaired) electrons. The van der Waals surface area contributed by atoms with Crippen molar-refractivity contribution in [3.63, 3.8) is 0 Å². The van der Waals surface area contributed by atoms with Crippen LogP contribution in [0.5, 0.6) is 0 Å². The summed E-state index contributed by atoms with van der Waals surface area (Å²) < 4.78 is 13.8. The van der Waals surface area contributed by atoms with Crippen LogP contribution in [-0.4, -0.2) is 30.6 Å². The van der Waals surface area contributed by atoms with Crippen molar-refractivity contribution in [1.29, 1.82) is 0 Å². The van der Waals surface area contributed by atoms with Crippen LogP contribution in [0.4, 0.5) is 4.39 Å². The number of fused-ring (bicyclic) bond motifs is 2. The summed E-state index contributed by atoms with van der Waals surface area (Å²) in [4.78, 5) is 2.58. The van der Waals surface area contributed by atoms with E-state index in [-0.39, 0.29) is 11.9 Å². The Morgan fingerprint density at radius 2 is 2.00 bits per heavy atom. The molecule has 3 atom stereocenters. The van der Waals surface area contributed by atoms with Crippen molar-refractivity contribution < 1.29 is 4.39 Å². The van der Waals surface area contributed by atoms with Crippen LogP contribution < -0.4 is 5.32 Å². The first-order valence-electron chi connectivity index (χ1n) is 7.95. The molecule has 116 valence electrons. The molecule has 0 aromatic heterocycles. The fourth-order valence-corrected chi connectivity index (χ4v) is 4.33. The van der Waals surface area contributed by atoms with Gasteiger partial charge in [0, 0.05) is 18.1 Å². The summed E-state index contributed by atoms with van der Waals surface area (Å²) in [5, 5.41) is 3.64. The van der Waals surface area contributed by atoms with E-state index in [1.165, 1.54) is 31.7 Å². The third kappa shape index (κ3) is 3.33. The normalized spacial score (nSPS) is 30.6. The highest BCUT2D eigenvalue weighted by molar-refractivity contribution is 9.10. The van der Waals surface area contributed by atoms with Gasteiger partial charge in [0.25, 0.3) is 0 Å². The first-order chi connectivity index (χ1) is 10.0. The van der Waals surface area contributed by atoms with E-state index >= 15 is 0 Å². The van der Waals surface area contributed by atoms with Gasteiger partial charge in [-0.25, -0.2) is 4.39 Å². The van der Waals surface area contributed by atoms with Crippen molar-refractivity contribution >= 4 is 15.9 Å². The van der Waals surface area contributed by atoms with Gasteiger partial charge >= 0.3 is 0 Å². The Labute approximate surface area is 135 Å². The quantitative estimate of drug-likeness (QED) is 0.874. The molecule has 1 aromatic rings. The maximum Gasteiger partial charge on any atom is 0.137 e. The van der Waals surface area contributed by atoms with Gasteiger partial charge in [-0.1, -0.05) is 6.07 Å². The molecule has 0 aliphatic carbocycles. The Kier molecular flexibility index (Phi) is 4.67. The van der Waals surface area contributed by atoms with E-state index in [1.54, 1.807) is 0 Å². The Balaban J connectivity index is 1.54. The van der Waals surface area contributed by atoms with E-state index in [1.807, 2.05) is 12.1 Å². The zero-order chi connectivity index (χ0) is 15.0. The highest BCUT2D eigenvalue weighted by Gasteiger charge is 2.38. The lowest BCUT2D eigenvalue weighted by molar-refractivity contribution is 0.131. The van der Waals surface area contributed by atoms with Crippen LogP contribution in [-0.2, 0) is 0 Å². The zero-order valence-electron chi connectivity index (χ0n) is 12.8. The molecule has 1 aromatic carbocycles. The number of nitrogens with zero attached hydrogens (tertiary/aromatic N) is 1. The van der Waals surface area contributed by atoms with Crippen molar-refractivity contribution in [2.24, 2.45) is 5.92 Å². The Hall–Kier alpha value is -0.450. The number of nitrogens with one attached hydrogen (secondary N) is 1. The smallest absolute Gasteiger partial charge is 0.137 e. The van der Waals surface area contributed by atoms with Gasteiger partial charge in [0.05, 0.1) is 4.47 Å². The second kappa shape index (κ2) is 6.35. The van der Waals surface area contributed by atoms with Gasteiger partial charge < -0.3 is 10.2 Å². The second-order valence-electron chi connectivity index (χ2n) is 6.69. The third-order valence-electron chi connectivity index (χ3n) is 5.35. The van der Waals surface area contributed by atoms with Gasteiger partial charge in [0.1, 0.15) is 5.82 Å². The molecule has 2 heterocycles. The number of hydrogen-bond acceptors (Lipinski definition) is 2. The molecule has 3 unspecified atom stereocenters. The van der Waals surface area contributed by atoms with Crippen molar-refractivity contribution in [2.75, 3.05) is 13.6 Å². The highest BCUT2D eigenvalue weighted by Crippen LogP contribution is 2.37. The fourth-order valence-electron chi connectivity index (χ4n) is 3.93. The molecule has 0 spiro atoms. The van der Waals surface area contributed by atoms with Crippen LogP contribution >= 0.6 is 15.9 Å². The van der Waals surface area contributed by atoms with Gasteiger partial charge in [0.15, 0.2) is 0 Å². The summed E-state index contributed by atoms with van der Waals surface area (Å²) in [6, 6.07) is 7.14. The van der Waals surface area contributed by atoms with Gasteiger partial charge in [-0.15, -0.1) is 0 Å². The number of hydrogen-bond donors (Lipinski definition) is 1. The average molecular weight is 355 g/mol. The van der Waals surface area contributed by atoms with Crippen molar-refractivity contribution in [2.45, 2.75) is 50.7 Å². The fraction of sp³-hybridized carbons (Fsp3) is 0.647. The van der Waals surface area contributed by atoms with Crippen molar-refractivity contribution in [1.82, 2.24) is 10.2 Å². The highest BCUT2D eigenvalue weighted by atomic mass is 79.9. The molecule has 4 heteroatoms. The number of halogens is 2. The topological polar surface area (TPSA) is 15.3 Å². The minimum Gasteiger partial charge on any atom is -0.310 e. The van der Waals surface area contributed by atoms with E-state index < -0.39 is 0 Å². The summed E-state index contributed by atoms with van der Waals surface area (Å²) in [6.45, 7) is 3.22. The van der Waals surface area contributed by atoms with Gasteiger partial charge in [0.2, 0.25) is 0 Å². The SMILES string of the molecule is CC(NCC1CC2CCC(C1)N2C)c1ccc(F)c(Br)c1. The molecule has 2 nitrogen and oxygen atoms in total. The Morgan fingerprint density at radius 1 is 1.33 bits per heavy atom. The molecule has 2 aliphatic heterocycles. The van der Waals surface area contributed by atoms with E-state index in [0.29, 0.717) is 4.47 Å². The first kappa shape index (κ1) is 15.4. The lowest BCUT2D eigenvalue weighted by Gasteiger charge is -2.36.